The van der Waals surface area contributed by atoms with E-state index in [0.29, 0.717) is 5.95 Å². The molecule has 15 rings (SSSR count). The van der Waals surface area contributed by atoms with E-state index in [0.717, 1.165) is 38.9 Å². The van der Waals surface area contributed by atoms with Crippen molar-refractivity contribution >= 4 is 108 Å². The van der Waals surface area contributed by atoms with Gasteiger partial charge in [-0.25, -0.2) is 9.97 Å². The van der Waals surface area contributed by atoms with Crippen molar-refractivity contribution in [2.75, 3.05) is 0 Å². The zero-order valence-corrected chi connectivity index (χ0v) is 35.6. The second-order valence-electron chi connectivity index (χ2n) is 17.7. The van der Waals surface area contributed by atoms with Gasteiger partial charge in [-0.15, -0.1) is 0 Å². The Balaban J connectivity index is 1.07. The Bertz CT molecular complexity index is 4500. The Morgan fingerprint density at radius 3 is 1.48 bits per heavy atom. The zero-order chi connectivity index (χ0) is 43.0. The summed E-state index contributed by atoms with van der Waals surface area (Å²) in [6.45, 7) is 0. The van der Waals surface area contributed by atoms with E-state index in [4.69, 9.17) is 9.97 Å². The molecule has 0 atom stereocenters. The highest BCUT2D eigenvalue weighted by atomic mass is 15.2. The first kappa shape index (κ1) is 35.6. The molecule has 0 fully saturated rings. The van der Waals surface area contributed by atoms with Crippen molar-refractivity contribution in [2.45, 2.75) is 0 Å². The number of fused-ring (bicyclic) bond motifs is 12. The molecule has 0 aliphatic rings. The Morgan fingerprint density at radius 1 is 0.273 bits per heavy atom. The molecule has 0 bridgehead atoms. The molecule has 304 valence electrons. The van der Waals surface area contributed by atoms with Gasteiger partial charge in [0.25, 0.3) is 0 Å². The third-order valence-electron chi connectivity index (χ3n) is 14.2. The van der Waals surface area contributed by atoms with E-state index >= 15 is 0 Å². The van der Waals surface area contributed by atoms with Crippen LogP contribution in [0.4, 0.5) is 0 Å². The van der Waals surface area contributed by atoms with Crippen LogP contribution in [0.2, 0.25) is 0 Å². The highest BCUT2D eigenvalue weighted by Gasteiger charge is 2.24. The monoisotopic (exact) mass is 836 g/mol. The van der Waals surface area contributed by atoms with Gasteiger partial charge in [0.15, 0.2) is 0 Å². The molecule has 0 aliphatic heterocycles. The summed E-state index contributed by atoms with van der Waals surface area (Å²) in [7, 11) is 0. The number of hydrogen-bond donors (Lipinski definition) is 0. The average Bonchev–Trinajstić information content (AvgIpc) is 3.90. The van der Waals surface area contributed by atoms with Gasteiger partial charge < -0.3 is 4.57 Å². The van der Waals surface area contributed by atoms with Crippen molar-refractivity contribution in [1.29, 1.82) is 0 Å². The molecule has 66 heavy (non-hydrogen) atoms. The summed E-state index contributed by atoms with van der Waals surface area (Å²) in [5.41, 5.74) is 10.9. The molecule has 0 radical (unpaired) electrons. The topological polar surface area (TPSA) is 35.6 Å². The van der Waals surface area contributed by atoms with Gasteiger partial charge in [0.05, 0.1) is 33.3 Å². The first-order valence-electron chi connectivity index (χ1n) is 22.7. The molecule has 4 heteroatoms. The molecule has 0 spiro atoms. The highest BCUT2D eigenvalue weighted by molar-refractivity contribution is 6.41. The Hall–Kier alpha value is -8.86. The second kappa shape index (κ2) is 13.3. The molecule has 12 aromatic carbocycles. The van der Waals surface area contributed by atoms with Crippen LogP contribution in [0.25, 0.3) is 142 Å². The van der Waals surface area contributed by atoms with Gasteiger partial charge >= 0.3 is 0 Å². The molecule has 0 N–H and O–H groups in total. The third kappa shape index (κ3) is 4.87. The second-order valence-corrected chi connectivity index (χ2v) is 17.7. The van der Waals surface area contributed by atoms with E-state index in [1.54, 1.807) is 0 Å². The number of para-hydroxylation sites is 3. The minimum Gasteiger partial charge on any atom is -0.309 e. The van der Waals surface area contributed by atoms with Crippen molar-refractivity contribution in [1.82, 2.24) is 19.1 Å². The van der Waals surface area contributed by atoms with E-state index in [1.807, 2.05) is 0 Å². The van der Waals surface area contributed by atoms with Gasteiger partial charge in [-0.05, 0) is 107 Å². The van der Waals surface area contributed by atoms with Crippen LogP contribution in [0.3, 0.4) is 0 Å². The summed E-state index contributed by atoms with van der Waals surface area (Å²) in [6, 6.07) is 79.6. The van der Waals surface area contributed by atoms with Crippen LogP contribution < -0.4 is 0 Å². The predicted molar refractivity (Wildman–Crippen MR) is 278 cm³/mol. The Labute approximate surface area is 378 Å². The van der Waals surface area contributed by atoms with Crippen molar-refractivity contribution in [3.63, 3.8) is 0 Å². The molecule has 0 saturated heterocycles. The van der Waals surface area contributed by atoms with Crippen LogP contribution in [-0.2, 0) is 0 Å². The van der Waals surface area contributed by atoms with Crippen LogP contribution >= 0.6 is 0 Å². The fourth-order valence-corrected chi connectivity index (χ4v) is 11.4. The quantitative estimate of drug-likeness (QED) is 0.131. The molecular formula is C62H36N4. The SMILES string of the molecule is c1ccc(-c2ccc(-c3nc(-n4c5ccccc5c5c6cccc7c8cccc9c8c(cc8c9c9ccccc9n8-c8ccc9ccccc9c8)c(cc54)c76)nc4ccccc34)cc2)cc1. The van der Waals surface area contributed by atoms with Crippen LogP contribution in [0.1, 0.15) is 0 Å². The lowest BCUT2D eigenvalue weighted by Gasteiger charge is -2.17. The van der Waals surface area contributed by atoms with Crippen molar-refractivity contribution in [2.24, 2.45) is 0 Å². The smallest absolute Gasteiger partial charge is 0.235 e. The summed E-state index contributed by atoms with van der Waals surface area (Å²) in [5.74, 6) is 0.651. The fourth-order valence-electron chi connectivity index (χ4n) is 11.4. The van der Waals surface area contributed by atoms with Gasteiger partial charge in [0, 0.05) is 38.2 Å². The van der Waals surface area contributed by atoms with Gasteiger partial charge in [0.1, 0.15) is 0 Å². The average molecular weight is 837 g/mol. The molecule has 0 aliphatic carbocycles. The molecule has 4 nitrogen and oxygen atoms in total. The lowest BCUT2D eigenvalue weighted by molar-refractivity contribution is 1.01. The zero-order valence-electron chi connectivity index (χ0n) is 35.6. The van der Waals surface area contributed by atoms with E-state index in [-0.39, 0.29) is 0 Å². The molecular weight excluding hydrogens is 801 g/mol. The predicted octanol–water partition coefficient (Wildman–Crippen LogP) is 16.4. The summed E-state index contributed by atoms with van der Waals surface area (Å²) >= 11 is 0. The van der Waals surface area contributed by atoms with Crippen LogP contribution in [-0.4, -0.2) is 19.1 Å². The Morgan fingerprint density at radius 2 is 0.788 bits per heavy atom. The van der Waals surface area contributed by atoms with Gasteiger partial charge in [-0.2, -0.15) is 0 Å². The minimum absolute atomic E-state index is 0.651. The van der Waals surface area contributed by atoms with Crippen LogP contribution in [0.5, 0.6) is 0 Å². The number of rotatable bonds is 4. The normalized spacial score (nSPS) is 12.2. The van der Waals surface area contributed by atoms with Gasteiger partial charge in [0.2, 0.25) is 5.95 Å². The van der Waals surface area contributed by atoms with Crippen LogP contribution in [0, 0.1) is 0 Å². The van der Waals surface area contributed by atoms with Gasteiger partial charge in [-0.1, -0.05) is 176 Å². The number of hydrogen-bond acceptors (Lipinski definition) is 2. The van der Waals surface area contributed by atoms with Gasteiger partial charge in [-0.3, -0.25) is 4.57 Å². The maximum absolute atomic E-state index is 5.54. The third-order valence-corrected chi connectivity index (χ3v) is 14.2. The molecule has 0 amide bonds. The maximum Gasteiger partial charge on any atom is 0.235 e. The number of aromatic nitrogens is 4. The minimum atomic E-state index is 0.651. The van der Waals surface area contributed by atoms with E-state index in [9.17, 15) is 0 Å². The highest BCUT2D eigenvalue weighted by Crippen LogP contribution is 2.49. The van der Waals surface area contributed by atoms with E-state index in [1.165, 1.54) is 97.6 Å². The van der Waals surface area contributed by atoms with E-state index in [2.05, 4.69) is 228 Å². The van der Waals surface area contributed by atoms with Crippen molar-refractivity contribution in [3.8, 4) is 34.0 Å². The van der Waals surface area contributed by atoms with Crippen LogP contribution in [0.15, 0.2) is 218 Å². The summed E-state index contributed by atoms with van der Waals surface area (Å²) in [5, 5.41) is 18.4. The summed E-state index contributed by atoms with van der Waals surface area (Å²) < 4.78 is 4.79. The first-order valence-corrected chi connectivity index (χ1v) is 22.7. The maximum atomic E-state index is 5.54. The largest absolute Gasteiger partial charge is 0.309 e. The lowest BCUT2D eigenvalue weighted by Crippen LogP contribution is -2.03. The lowest BCUT2D eigenvalue weighted by atomic mass is 9.87. The number of benzene rings is 12. The van der Waals surface area contributed by atoms with E-state index < -0.39 is 0 Å². The molecule has 0 unspecified atom stereocenters. The molecule has 0 saturated carbocycles. The molecule has 15 aromatic rings. The number of nitrogens with zero attached hydrogens (tertiary/aromatic N) is 4. The van der Waals surface area contributed by atoms with Crippen molar-refractivity contribution in [3.05, 3.63) is 218 Å². The summed E-state index contributed by atoms with van der Waals surface area (Å²) in [6.07, 6.45) is 0. The molecule has 3 heterocycles. The first-order chi connectivity index (χ1) is 32.7. The van der Waals surface area contributed by atoms with Crippen molar-refractivity contribution < 1.29 is 0 Å². The Kier molecular flexibility index (Phi) is 7.19. The standard InChI is InChI=1S/C62H36N4/c1-2-14-37(15-3-1)39-28-30-40(31-29-39)61-45-18-6-9-25-52(45)63-62(64-61)66-54-27-11-8-20-47(54)60-49-24-13-22-44-43-21-12-23-48-57(43)50(51(58(44)49)36-56(60)66)35-55-59(48)46-19-7-10-26-53(46)65(55)42-33-32-38-16-4-5-17-41(38)34-42/h1-36H. The molecule has 3 aromatic heterocycles. The summed E-state index contributed by atoms with van der Waals surface area (Å²) in [4.78, 5) is 10.9. The fraction of sp³-hybridized carbons (Fsp3) is 0.